The lowest BCUT2D eigenvalue weighted by Gasteiger charge is -2.27. The third-order valence-electron chi connectivity index (χ3n) is 6.03. The Hall–Kier alpha value is -3.46. The van der Waals surface area contributed by atoms with Gasteiger partial charge in [-0.05, 0) is 26.0 Å². The maximum absolute atomic E-state index is 12.8. The van der Waals surface area contributed by atoms with Crippen LogP contribution in [0.15, 0.2) is 36.7 Å². The Morgan fingerprint density at radius 3 is 2.72 bits per heavy atom. The van der Waals surface area contributed by atoms with Gasteiger partial charge in [-0.2, -0.15) is 10.1 Å². The second-order valence-corrected chi connectivity index (χ2v) is 7.82. The van der Waals surface area contributed by atoms with Crippen LogP contribution in [0, 0.1) is 0 Å². The molecule has 0 aliphatic carbocycles. The Kier molecular flexibility index (Phi) is 5.48. The minimum absolute atomic E-state index is 0.0285. The molecule has 0 bridgehead atoms. The molecule has 32 heavy (non-hydrogen) atoms. The monoisotopic (exact) mass is 433 g/mol. The first-order valence-electron chi connectivity index (χ1n) is 11.1. The molecule has 0 spiro atoms. The molecule has 0 saturated carbocycles. The Bertz CT molecular complexity index is 1250. The van der Waals surface area contributed by atoms with E-state index in [0.29, 0.717) is 37.9 Å². The molecule has 3 aromatic heterocycles. The topological polar surface area (TPSA) is 92.2 Å². The van der Waals surface area contributed by atoms with Crippen LogP contribution in [-0.2, 0) is 16.1 Å². The number of fused-ring (bicyclic) bond motifs is 2. The van der Waals surface area contributed by atoms with Gasteiger partial charge in [-0.25, -0.2) is 9.67 Å². The van der Waals surface area contributed by atoms with Crippen molar-refractivity contribution < 1.29 is 9.53 Å². The zero-order chi connectivity index (χ0) is 22.1. The highest BCUT2D eigenvalue weighted by Gasteiger charge is 2.22. The third-order valence-corrected chi connectivity index (χ3v) is 6.03. The number of carbonyl (C=O) groups is 1. The van der Waals surface area contributed by atoms with E-state index in [1.165, 1.54) is 0 Å². The minimum atomic E-state index is 0.0285. The number of hydrogen-bond acceptors (Lipinski definition) is 6. The van der Waals surface area contributed by atoms with Crippen LogP contribution in [0.1, 0.15) is 13.8 Å². The molecule has 5 rings (SSSR count). The SMILES string of the molecule is CCN(CC)C(=O)Cn1ncc2c(-c3cccc4[nH]ccc34)nc(N3CCOCC3)nc21. The first kappa shape index (κ1) is 20.4. The van der Waals surface area contributed by atoms with Gasteiger partial charge in [-0.3, -0.25) is 4.79 Å². The lowest BCUT2D eigenvalue weighted by molar-refractivity contribution is -0.131. The molecule has 1 saturated heterocycles. The largest absolute Gasteiger partial charge is 0.378 e. The van der Waals surface area contributed by atoms with E-state index < -0.39 is 0 Å². The number of hydrogen-bond donors (Lipinski definition) is 1. The van der Waals surface area contributed by atoms with Gasteiger partial charge in [-0.15, -0.1) is 0 Å². The summed E-state index contributed by atoms with van der Waals surface area (Å²) in [7, 11) is 0. The number of likely N-dealkylation sites (N-methyl/N-ethyl adjacent to an activating group) is 1. The van der Waals surface area contributed by atoms with Crippen molar-refractivity contribution in [2.45, 2.75) is 20.4 Å². The van der Waals surface area contributed by atoms with Gasteiger partial charge in [0.2, 0.25) is 11.9 Å². The molecule has 0 radical (unpaired) electrons. The maximum Gasteiger partial charge on any atom is 0.244 e. The molecular formula is C23H27N7O2. The van der Waals surface area contributed by atoms with Crippen molar-refractivity contribution in [1.82, 2.24) is 29.6 Å². The predicted octanol–water partition coefficient (Wildman–Crippen LogP) is 2.68. The second-order valence-electron chi connectivity index (χ2n) is 7.82. The average molecular weight is 434 g/mol. The second kappa shape index (κ2) is 8.58. The van der Waals surface area contributed by atoms with Gasteiger partial charge < -0.3 is 19.5 Å². The number of aromatic nitrogens is 5. The summed E-state index contributed by atoms with van der Waals surface area (Å²) in [6, 6.07) is 8.19. The van der Waals surface area contributed by atoms with E-state index in [0.717, 1.165) is 40.6 Å². The molecule has 1 fully saturated rings. The highest BCUT2D eigenvalue weighted by Crippen LogP contribution is 2.33. The summed E-state index contributed by atoms with van der Waals surface area (Å²) in [4.78, 5) is 29.8. The standard InChI is InChI=1S/C23H27N7O2/c1-3-28(4-2)20(31)15-30-22-18(14-25-30)21(17-6-5-7-19-16(17)8-9-24-19)26-23(27-22)29-10-12-32-13-11-29/h5-9,14,24H,3-4,10-13,15H2,1-2H3. The lowest BCUT2D eigenvalue weighted by Crippen LogP contribution is -2.37. The van der Waals surface area contributed by atoms with Gasteiger partial charge in [0.1, 0.15) is 6.54 Å². The minimum Gasteiger partial charge on any atom is -0.378 e. The van der Waals surface area contributed by atoms with Crippen LogP contribution in [0.25, 0.3) is 33.2 Å². The van der Waals surface area contributed by atoms with Gasteiger partial charge >= 0.3 is 0 Å². The first-order chi connectivity index (χ1) is 15.7. The van der Waals surface area contributed by atoms with Crippen molar-refractivity contribution in [3.63, 3.8) is 0 Å². The van der Waals surface area contributed by atoms with Crippen LogP contribution < -0.4 is 4.90 Å². The number of anilines is 1. The number of carbonyl (C=O) groups excluding carboxylic acids is 1. The van der Waals surface area contributed by atoms with E-state index in [4.69, 9.17) is 14.7 Å². The molecule has 4 heterocycles. The highest BCUT2D eigenvalue weighted by atomic mass is 16.5. The summed E-state index contributed by atoms with van der Waals surface area (Å²) in [5, 5.41) is 6.47. The number of nitrogens with one attached hydrogen (secondary N) is 1. The molecule has 4 aromatic rings. The van der Waals surface area contributed by atoms with Crippen LogP contribution in [0.2, 0.25) is 0 Å². The summed E-state index contributed by atoms with van der Waals surface area (Å²) in [6.07, 6.45) is 3.70. The zero-order valence-electron chi connectivity index (χ0n) is 18.4. The van der Waals surface area contributed by atoms with E-state index in [1.54, 1.807) is 15.8 Å². The fraction of sp³-hybridized carbons (Fsp3) is 0.391. The molecule has 9 heteroatoms. The van der Waals surface area contributed by atoms with Crippen molar-refractivity contribution in [3.8, 4) is 11.3 Å². The molecule has 1 aliphatic heterocycles. The molecule has 9 nitrogen and oxygen atoms in total. The van der Waals surface area contributed by atoms with Crippen LogP contribution in [0.5, 0.6) is 0 Å². The van der Waals surface area contributed by atoms with E-state index >= 15 is 0 Å². The zero-order valence-corrected chi connectivity index (χ0v) is 18.4. The Morgan fingerprint density at radius 2 is 1.94 bits per heavy atom. The number of aromatic amines is 1. The summed E-state index contributed by atoms with van der Waals surface area (Å²) in [6.45, 7) is 8.20. The normalized spacial score (nSPS) is 14.4. The van der Waals surface area contributed by atoms with Gasteiger partial charge in [0, 0.05) is 48.8 Å². The van der Waals surface area contributed by atoms with E-state index in [-0.39, 0.29) is 12.5 Å². The molecule has 1 amide bonds. The predicted molar refractivity (Wildman–Crippen MR) is 124 cm³/mol. The van der Waals surface area contributed by atoms with Crippen molar-refractivity contribution >= 4 is 33.8 Å². The van der Waals surface area contributed by atoms with Gasteiger partial charge in [0.15, 0.2) is 5.65 Å². The van der Waals surface area contributed by atoms with Gasteiger partial charge in [0.25, 0.3) is 0 Å². The quantitative estimate of drug-likeness (QED) is 0.503. The van der Waals surface area contributed by atoms with E-state index in [1.807, 2.05) is 32.2 Å². The van der Waals surface area contributed by atoms with E-state index in [2.05, 4.69) is 27.1 Å². The number of benzene rings is 1. The summed E-state index contributed by atoms with van der Waals surface area (Å²) in [5.41, 5.74) is 3.55. The first-order valence-corrected chi connectivity index (χ1v) is 11.1. The lowest BCUT2D eigenvalue weighted by atomic mass is 10.0. The number of amides is 1. The molecule has 0 unspecified atom stereocenters. The van der Waals surface area contributed by atoms with Crippen molar-refractivity contribution in [2.75, 3.05) is 44.3 Å². The number of H-pyrrole nitrogens is 1. The van der Waals surface area contributed by atoms with Crippen LogP contribution in [0.4, 0.5) is 5.95 Å². The summed E-state index contributed by atoms with van der Waals surface area (Å²) >= 11 is 0. The van der Waals surface area contributed by atoms with Crippen LogP contribution in [0.3, 0.4) is 0 Å². The third kappa shape index (κ3) is 3.58. The molecule has 1 N–H and O–H groups in total. The summed E-state index contributed by atoms with van der Waals surface area (Å²) in [5.74, 6) is 0.668. The molecular weight excluding hydrogens is 406 g/mol. The maximum atomic E-state index is 12.8. The van der Waals surface area contributed by atoms with Crippen molar-refractivity contribution in [1.29, 1.82) is 0 Å². The Labute approximate surface area is 186 Å². The van der Waals surface area contributed by atoms with Crippen molar-refractivity contribution in [2.24, 2.45) is 0 Å². The highest BCUT2D eigenvalue weighted by molar-refractivity contribution is 6.02. The number of rotatable bonds is 6. The van der Waals surface area contributed by atoms with Gasteiger partial charge in [0.05, 0.1) is 30.5 Å². The summed E-state index contributed by atoms with van der Waals surface area (Å²) < 4.78 is 7.21. The van der Waals surface area contributed by atoms with E-state index in [9.17, 15) is 4.79 Å². The number of nitrogens with zero attached hydrogens (tertiary/aromatic N) is 6. The molecule has 1 aromatic carbocycles. The fourth-order valence-electron chi connectivity index (χ4n) is 4.27. The molecule has 1 aliphatic rings. The Balaban J connectivity index is 1.66. The molecule has 166 valence electrons. The fourth-order valence-corrected chi connectivity index (χ4v) is 4.27. The number of morpholine rings is 1. The smallest absolute Gasteiger partial charge is 0.244 e. The van der Waals surface area contributed by atoms with Crippen molar-refractivity contribution in [3.05, 3.63) is 36.7 Å². The van der Waals surface area contributed by atoms with Crippen LogP contribution >= 0.6 is 0 Å². The number of ether oxygens (including phenoxy) is 1. The Morgan fingerprint density at radius 1 is 1.12 bits per heavy atom. The average Bonchev–Trinajstić information content (AvgIpc) is 3.47. The van der Waals surface area contributed by atoms with Gasteiger partial charge in [-0.1, -0.05) is 12.1 Å². The van der Waals surface area contributed by atoms with Crippen LogP contribution in [-0.4, -0.2) is 74.9 Å². The molecule has 0 atom stereocenters.